The molecule has 88 valence electrons. The summed E-state index contributed by atoms with van der Waals surface area (Å²) in [7, 11) is 0. The van der Waals surface area contributed by atoms with E-state index in [1.807, 2.05) is 0 Å². The minimum atomic E-state index is 0.305. The van der Waals surface area contributed by atoms with Gasteiger partial charge in [0.1, 0.15) is 0 Å². The standard InChI is InChI=1S/C14H26O/c1-9(2)12-10-7-6-8-11(10)15-13(12)14(3,4)5/h9-13H,6-8H2,1-5H3. The molecule has 2 rings (SSSR count). The smallest absolute Gasteiger partial charge is 0.0661 e. The van der Waals surface area contributed by atoms with Crippen LogP contribution in [-0.4, -0.2) is 12.2 Å². The van der Waals surface area contributed by atoms with Gasteiger partial charge in [-0.3, -0.25) is 0 Å². The summed E-state index contributed by atoms with van der Waals surface area (Å²) in [5.74, 6) is 2.41. The Hall–Kier alpha value is -0.0400. The maximum Gasteiger partial charge on any atom is 0.0661 e. The molecular formula is C14H26O. The van der Waals surface area contributed by atoms with E-state index in [9.17, 15) is 0 Å². The minimum Gasteiger partial charge on any atom is -0.374 e. The lowest BCUT2D eigenvalue weighted by molar-refractivity contribution is -0.0369. The van der Waals surface area contributed by atoms with Crippen molar-refractivity contribution < 1.29 is 4.74 Å². The van der Waals surface area contributed by atoms with Gasteiger partial charge in [-0.1, -0.05) is 41.0 Å². The Morgan fingerprint density at radius 3 is 2.33 bits per heavy atom. The van der Waals surface area contributed by atoms with Gasteiger partial charge in [-0.2, -0.15) is 0 Å². The predicted molar refractivity (Wildman–Crippen MR) is 63.8 cm³/mol. The maximum absolute atomic E-state index is 6.32. The molecule has 0 bridgehead atoms. The fourth-order valence-corrected chi connectivity index (χ4v) is 3.69. The van der Waals surface area contributed by atoms with Crippen LogP contribution in [0.5, 0.6) is 0 Å². The Labute approximate surface area is 94.6 Å². The van der Waals surface area contributed by atoms with E-state index in [1.165, 1.54) is 19.3 Å². The van der Waals surface area contributed by atoms with Crippen molar-refractivity contribution in [1.82, 2.24) is 0 Å². The first-order valence-electron chi connectivity index (χ1n) is 6.56. The van der Waals surface area contributed by atoms with E-state index >= 15 is 0 Å². The van der Waals surface area contributed by atoms with Gasteiger partial charge in [0.2, 0.25) is 0 Å². The van der Waals surface area contributed by atoms with Crippen LogP contribution in [-0.2, 0) is 4.74 Å². The van der Waals surface area contributed by atoms with Crippen molar-refractivity contribution in [2.75, 3.05) is 0 Å². The highest BCUT2D eigenvalue weighted by Gasteiger charge is 2.51. The van der Waals surface area contributed by atoms with E-state index in [0.29, 0.717) is 17.6 Å². The van der Waals surface area contributed by atoms with Crippen LogP contribution in [0.1, 0.15) is 53.9 Å². The van der Waals surface area contributed by atoms with Gasteiger partial charge in [0, 0.05) is 0 Å². The molecule has 4 atom stereocenters. The van der Waals surface area contributed by atoms with E-state index in [-0.39, 0.29) is 0 Å². The zero-order valence-electron chi connectivity index (χ0n) is 10.9. The summed E-state index contributed by atoms with van der Waals surface area (Å²) in [5, 5.41) is 0. The Balaban J connectivity index is 2.19. The zero-order valence-corrected chi connectivity index (χ0v) is 10.9. The first kappa shape index (κ1) is 11.4. The van der Waals surface area contributed by atoms with Gasteiger partial charge >= 0.3 is 0 Å². The molecule has 1 saturated heterocycles. The summed E-state index contributed by atoms with van der Waals surface area (Å²) in [6, 6.07) is 0. The van der Waals surface area contributed by atoms with E-state index in [0.717, 1.165) is 17.8 Å². The van der Waals surface area contributed by atoms with Crippen molar-refractivity contribution in [2.45, 2.75) is 66.1 Å². The molecule has 0 aromatic carbocycles. The van der Waals surface area contributed by atoms with Gasteiger partial charge in [0.15, 0.2) is 0 Å². The van der Waals surface area contributed by atoms with Crippen LogP contribution in [0.15, 0.2) is 0 Å². The second kappa shape index (κ2) is 3.76. The maximum atomic E-state index is 6.32. The van der Waals surface area contributed by atoms with Crippen LogP contribution in [0.4, 0.5) is 0 Å². The van der Waals surface area contributed by atoms with E-state index in [4.69, 9.17) is 4.74 Å². The summed E-state index contributed by atoms with van der Waals surface area (Å²) in [4.78, 5) is 0. The first-order chi connectivity index (χ1) is 6.91. The fourth-order valence-electron chi connectivity index (χ4n) is 3.69. The first-order valence-corrected chi connectivity index (χ1v) is 6.56. The Kier molecular flexibility index (Phi) is 2.87. The minimum absolute atomic E-state index is 0.305. The third-order valence-corrected chi connectivity index (χ3v) is 4.29. The SMILES string of the molecule is CC(C)C1C2CCCC2OC1C(C)(C)C. The van der Waals surface area contributed by atoms with Gasteiger partial charge in [0.05, 0.1) is 12.2 Å². The van der Waals surface area contributed by atoms with Crippen LogP contribution < -0.4 is 0 Å². The van der Waals surface area contributed by atoms with Crippen molar-refractivity contribution in [3.05, 3.63) is 0 Å². The summed E-state index contributed by atoms with van der Waals surface area (Å²) in [5.41, 5.74) is 0.305. The molecule has 1 heteroatoms. The lowest BCUT2D eigenvalue weighted by atomic mass is 9.72. The third kappa shape index (κ3) is 1.95. The van der Waals surface area contributed by atoms with Crippen molar-refractivity contribution in [2.24, 2.45) is 23.2 Å². The molecule has 1 nitrogen and oxygen atoms in total. The quantitative estimate of drug-likeness (QED) is 0.638. The molecule has 0 N–H and O–H groups in total. The summed E-state index contributed by atoms with van der Waals surface area (Å²) < 4.78 is 6.32. The molecule has 1 aliphatic heterocycles. The molecule has 1 aliphatic carbocycles. The van der Waals surface area contributed by atoms with Crippen LogP contribution >= 0.6 is 0 Å². The lowest BCUT2D eigenvalue weighted by Gasteiger charge is -2.35. The average molecular weight is 210 g/mol. The third-order valence-electron chi connectivity index (χ3n) is 4.29. The lowest BCUT2D eigenvalue weighted by Crippen LogP contribution is -2.36. The van der Waals surface area contributed by atoms with Gasteiger partial charge in [-0.15, -0.1) is 0 Å². The van der Waals surface area contributed by atoms with E-state index in [2.05, 4.69) is 34.6 Å². The Morgan fingerprint density at radius 1 is 1.13 bits per heavy atom. The summed E-state index contributed by atoms with van der Waals surface area (Å²) in [6.45, 7) is 11.7. The van der Waals surface area contributed by atoms with Crippen molar-refractivity contribution in [3.63, 3.8) is 0 Å². The zero-order chi connectivity index (χ0) is 11.2. The second-order valence-electron chi connectivity index (χ2n) is 6.88. The molecule has 1 heterocycles. The molecule has 2 fully saturated rings. The highest BCUT2D eigenvalue weighted by molar-refractivity contribution is 4.98. The molecule has 15 heavy (non-hydrogen) atoms. The highest BCUT2D eigenvalue weighted by atomic mass is 16.5. The van der Waals surface area contributed by atoms with Crippen LogP contribution in [0.3, 0.4) is 0 Å². The number of hydrogen-bond acceptors (Lipinski definition) is 1. The predicted octanol–water partition coefficient (Wildman–Crippen LogP) is 3.87. The monoisotopic (exact) mass is 210 g/mol. The number of ether oxygens (including phenoxy) is 1. The normalized spacial score (nSPS) is 41.2. The fraction of sp³-hybridized carbons (Fsp3) is 1.00. The highest BCUT2D eigenvalue weighted by Crippen LogP contribution is 2.50. The van der Waals surface area contributed by atoms with Crippen LogP contribution in [0.25, 0.3) is 0 Å². The molecule has 0 amide bonds. The molecule has 4 unspecified atom stereocenters. The largest absolute Gasteiger partial charge is 0.374 e. The van der Waals surface area contributed by atoms with Gasteiger partial charge in [0.25, 0.3) is 0 Å². The number of hydrogen-bond donors (Lipinski definition) is 0. The second-order valence-corrected chi connectivity index (χ2v) is 6.88. The van der Waals surface area contributed by atoms with Gasteiger partial charge < -0.3 is 4.74 Å². The number of fused-ring (bicyclic) bond motifs is 1. The summed E-state index contributed by atoms with van der Waals surface area (Å²) in [6.07, 6.45) is 5.16. The van der Waals surface area contributed by atoms with E-state index < -0.39 is 0 Å². The molecule has 2 aliphatic rings. The van der Waals surface area contributed by atoms with Crippen LogP contribution in [0, 0.1) is 23.2 Å². The molecule has 0 aromatic rings. The van der Waals surface area contributed by atoms with Crippen molar-refractivity contribution in [3.8, 4) is 0 Å². The molecule has 1 saturated carbocycles. The molecule has 0 aromatic heterocycles. The molecule has 0 spiro atoms. The molecule has 0 radical (unpaired) electrons. The topological polar surface area (TPSA) is 9.23 Å². The Morgan fingerprint density at radius 2 is 1.80 bits per heavy atom. The molecular weight excluding hydrogens is 184 g/mol. The Bertz CT molecular complexity index is 226. The van der Waals surface area contributed by atoms with Gasteiger partial charge in [-0.25, -0.2) is 0 Å². The average Bonchev–Trinajstić information content (AvgIpc) is 2.56. The van der Waals surface area contributed by atoms with Gasteiger partial charge in [-0.05, 0) is 36.0 Å². The number of rotatable bonds is 1. The van der Waals surface area contributed by atoms with Crippen molar-refractivity contribution in [1.29, 1.82) is 0 Å². The van der Waals surface area contributed by atoms with E-state index in [1.54, 1.807) is 0 Å². The van der Waals surface area contributed by atoms with Crippen molar-refractivity contribution >= 4 is 0 Å². The summed E-state index contributed by atoms with van der Waals surface area (Å²) >= 11 is 0. The van der Waals surface area contributed by atoms with Crippen LogP contribution in [0.2, 0.25) is 0 Å².